The zero-order chi connectivity index (χ0) is 9.97. The quantitative estimate of drug-likeness (QED) is 0.717. The maximum atomic E-state index is 5.60. The van der Waals surface area contributed by atoms with Crippen molar-refractivity contribution in [1.82, 2.24) is 4.98 Å². The molecule has 0 amide bonds. The number of hydrogen-bond donors (Lipinski definition) is 1. The van der Waals surface area contributed by atoms with E-state index < -0.39 is 0 Å². The van der Waals surface area contributed by atoms with Crippen LogP contribution in [0.15, 0.2) is 12.1 Å². The topological polar surface area (TPSA) is 51.4 Å². The summed E-state index contributed by atoms with van der Waals surface area (Å²) in [6, 6.07) is 3.88. The monoisotopic (exact) mass is 193 g/mol. The zero-order valence-electron chi connectivity index (χ0n) is 8.36. The van der Waals surface area contributed by atoms with Gasteiger partial charge in [0.1, 0.15) is 5.82 Å². The highest BCUT2D eigenvalue weighted by atomic mass is 16.5. The molecule has 0 unspecified atom stereocenters. The number of hydrogen-bond acceptors (Lipinski definition) is 4. The minimum Gasteiger partial charge on any atom is -0.384 e. The van der Waals surface area contributed by atoms with Gasteiger partial charge < -0.3 is 15.4 Å². The predicted octanol–water partition coefficient (Wildman–Crippen LogP) is 0.809. The van der Waals surface area contributed by atoms with Crippen molar-refractivity contribution in [2.75, 3.05) is 36.9 Å². The van der Waals surface area contributed by atoms with E-state index in [1.807, 2.05) is 19.1 Å². The van der Waals surface area contributed by atoms with E-state index in [9.17, 15) is 0 Å². The van der Waals surface area contributed by atoms with Gasteiger partial charge in [0.05, 0.1) is 24.6 Å². The number of pyridine rings is 1. The molecule has 1 aromatic heterocycles. The molecule has 1 saturated heterocycles. The van der Waals surface area contributed by atoms with Crippen molar-refractivity contribution >= 4 is 11.5 Å². The lowest BCUT2D eigenvalue weighted by molar-refractivity contribution is 0.122. The van der Waals surface area contributed by atoms with E-state index in [2.05, 4.69) is 9.88 Å². The SMILES string of the molecule is Cc1nc(N)ccc1N1CCOCC1. The van der Waals surface area contributed by atoms with Gasteiger partial charge in [-0.15, -0.1) is 0 Å². The van der Waals surface area contributed by atoms with E-state index in [-0.39, 0.29) is 0 Å². The van der Waals surface area contributed by atoms with Crippen LogP contribution >= 0.6 is 0 Å². The fraction of sp³-hybridized carbons (Fsp3) is 0.500. The van der Waals surface area contributed by atoms with E-state index in [4.69, 9.17) is 10.5 Å². The fourth-order valence-electron chi connectivity index (χ4n) is 1.71. The Bertz CT molecular complexity index is 321. The van der Waals surface area contributed by atoms with Crippen molar-refractivity contribution in [1.29, 1.82) is 0 Å². The standard InChI is InChI=1S/C10H15N3O/c1-8-9(2-3-10(11)12-8)13-4-6-14-7-5-13/h2-3H,4-7H2,1H3,(H2,11,12). The van der Waals surface area contributed by atoms with Crippen molar-refractivity contribution in [3.8, 4) is 0 Å². The van der Waals surface area contributed by atoms with Crippen LogP contribution in [-0.2, 0) is 4.74 Å². The molecule has 0 radical (unpaired) electrons. The molecule has 0 atom stereocenters. The van der Waals surface area contributed by atoms with Gasteiger partial charge in [-0.25, -0.2) is 4.98 Å². The Hall–Kier alpha value is -1.29. The van der Waals surface area contributed by atoms with Gasteiger partial charge >= 0.3 is 0 Å². The Morgan fingerprint density at radius 1 is 1.36 bits per heavy atom. The van der Waals surface area contributed by atoms with Gasteiger partial charge in [0, 0.05) is 13.1 Å². The highest BCUT2D eigenvalue weighted by Crippen LogP contribution is 2.20. The van der Waals surface area contributed by atoms with Crippen LogP contribution in [0.3, 0.4) is 0 Å². The fourth-order valence-corrected chi connectivity index (χ4v) is 1.71. The third-order valence-corrected chi connectivity index (χ3v) is 2.43. The van der Waals surface area contributed by atoms with Crippen molar-refractivity contribution in [2.24, 2.45) is 0 Å². The number of morpholine rings is 1. The van der Waals surface area contributed by atoms with Gasteiger partial charge in [0.25, 0.3) is 0 Å². The van der Waals surface area contributed by atoms with Gasteiger partial charge in [-0.05, 0) is 19.1 Å². The van der Waals surface area contributed by atoms with Gasteiger partial charge in [-0.3, -0.25) is 0 Å². The molecular formula is C10H15N3O. The molecule has 14 heavy (non-hydrogen) atoms. The number of aryl methyl sites for hydroxylation is 1. The molecule has 1 aliphatic rings. The molecule has 0 aliphatic carbocycles. The lowest BCUT2D eigenvalue weighted by Gasteiger charge is -2.29. The minimum absolute atomic E-state index is 0.583. The van der Waals surface area contributed by atoms with Crippen LogP contribution < -0.4 is 10.6 Å². The molecule has 0 saturated carbocycles. The number of nitrogens with zero attached hydrogens (tertiary/aromatic N) is 2. The smallest absolute Gasteiger partial charge is 0.123 e. The van der Waals surface area contributed by atoms with Crippen LogP contribution in [0.4, 0.5) is 11.5 Å². The molecule has 1 aliphatic heterocycles. The molecule has 2 N–H and O–H groups in total. The minimum atomic E-state index is 0.583. The second kappa shape index (κ2) is 3.84. The highest BCUT2D eigenvalue weighted by Gasteiger charge is 2.13. The maximum Gasteiger partial charge on any atom is 0.123 e. The molecule has 0 bridgehead atoms. The summed E-state index contributed by atoms with van der Waals surface area (Å²) >= 11 is 0. The first-order valence-corrected chi connectivity index (χ1v) is 4.83. The van der Waals surface area contributed by atoms with Crippen LogP contribution in [0.5, 0.6) is 0 Å². The summed E-state index contributed by atoms with van der Waals surface area (Å²) < 4.78 is 5.30. The first kappa shape index (κ1) is 9.27. The summed E-state index contributed by atoms with van der Waals surface area (Å²) in [5.41, 5.74) is 7.76. The van der Waals surface area contributed by atoms with Gasteiger partial charge in [0.2, 0.25) is 0 Å². The van der Waals surface area contributed by atoms with E-state index >= 15 is 0 Å². The summed E-state index contributed by atoms with van der Waals surface area (Å²) in [6.45, 7) is 5.45. The average molecular weight is 193 g/mol. The largest absolute Gasteiger partial charge is 0.384 e. The first-order valence-electron chi connectivity index (χ1n) is 4.83. The van der Waals surface area contributed by atoms with Crippen LogP contribution in [-0.4, -0.2) is 31.3 Å². The molecule has 2 heterocycles. The molecule has 1 aromatic rings. The summed E-state index contributed by atoms with van der Waals surface area (Å²) in [5.74, 6) is 0.583. The third-order valence-electron chi connectivity index (χ3n) is 2.43. The molecule has 0 aromatic carbocycles. The number of aromatic nitrogens is 1. The van der Waals surface area contributed by atoms with E-state index in [0.717, 1.165) is 32.0 Å². The molecule has 76 valence electrons. The van der Waals surface area contributed by atoms with Crippen LogP contribution in [0.2, 0.25) is 0 Å². The Morgan fingerprint density at radius 2 is 2.07 bits per heavy atom. The van der Waals surface area contributed by atoms with Crippen LogP contribution in [0.1, 0.15) is 5.69 Å². The summed E-state index contributed by atoms with van der Waals surface area (Å²) in [6.07, 6.45) is 0. The molecular weight excluding hydrogens is 178 g/mol. The maximum absolute atomic E-state index is 5.60. The molecule has 1 fully saturated rings. The molecule has 4 heteroatoms. The summed E-state index contributed by atoms with van der Waals surface area (Å²) in [5, 5.41) is 0. The number of rotatable bonds is 1. The first-order chi connectivity index (χ1) is 6.77. The molecule has 2 rings (SSSR count). The number of nitrogens with two attached hydrogens (primary N) is 1. The van der Waals surface area contributed by atoms with E-state index in [0.29, 0.717) is 5.82 Å². The average Bonchev–Trinajstić information content (AvgIpc) is 2.19. The van der Waals surface area contributed by atoms with Crippen molar-refractivity contribution in [3.05, 3.63) is 17.8 Å². The Kier molecular flexibility index (Phi) is 2.54. The van der Waals surface area contributed by atoms with Crippen molar-refractivity contribution in [2.45, 2.75) is 6.92 Å². The number of ether oxygens (including phenoxy) is 1. The second-order valence-corrected chi connectivity index (χ2v) is 3.44. The Morgan fingerprint density at radius 3 is 2.71 bits per heavy atom. The van der Waals surface area contributed by atoms with Gasteiger partial charge in [-0.2, -0.15) is 0 Å². The Labute approximate surface area is 83.7 Å². The van der Waals surface area contributed by atoms with E-state index in [1.165, 1.54) is 5.69 Å². The number of anilines is 2. The second-order valence-electron chi connectivity index (χ2n) is 3.44. The van der Waals surface area contributed by atoms with Gasteiger partial charge in [-0.1, -0.05) is 0 Å². The van der Waals surface area contributed by atoms with Crippen molar-refractivity contribution < 1.29 is 4.74 Å². The lowest BCUT2D eigenvalue weighted by Crippen LogP contribution is -2.36. The number of nitrogen functional groups attached to an aromatic ring is 1. The normalized spacial score (nSPS) is 17.1. The summed E-state index contributed by atoms with van der Waals surface area (Å²) in [7, 11) is 0. The molecule has 0 spiro atoms. The molecule has 4 nitrogen and oxygen atoms in total. The van der Waals surface area contributed by atoms with Gasteiger partial charge in [0.15, 0.2) is 0 Å². The van der Waals surface area contributed by atoms with Crippen LogP contribution in [0, 0.1) is 6.92 Å². The lowest BCUT2D eigenvalue weighted by atomic mass is 10.2. The van der Waals surface area contributed by atoms with Crippen LogP contribution in [0.25, 0.3) is 0 Å². The van der Waals surface area contributed by atoms with Crippen molar-refractivity contribution in [3.63, 3.8) is 0 Å². The Balaban J connectivity index is 2.22. The highest BCUT2D eigenvalue weighted by molar-refractivity contribution is 5.53. The zero-order valence-corrected chi connectivity index (χ0v) is 8.36. The third kappa shape index (κ3) is 1.80. The van der Waals surface area contributed by atoms with E-state index in [1.54, 1.807) is 0 Å². The summed E-state index contributed by atoms with van der Waals surface area (Å²) in [4.78, 5) is 6.53. The predicted molar refractivity (Wildman–Crippen MR) is 56.4 cm³/mol.